The minimum absolute atomic E-state index is 0.0952. The first-order valence-corrected chi connectivity index (χ1v) is 6.05. The highest BCUT2D eigenvalue weighted by molar-refractivity contribution is 6.00. The van der Waals surface area contributed by atoms with Crippen molar-refractivity contribution in [3.8, 4) is 0 Å². The lowest BCUT2D eigenvalue weighted by atomic mass is 9.83. The highest BCUT2D eigenvalue weighted by atomic mass is 16.7. The molecule has 4 bridgehead atoms. The van der Waals surface area contributed by atoms with Gasteiger partial charge in [0.25, 0.3) is 0 Å². The molecule has 18 heavy (non-hydrogen) atoms. The molecule has 3 fully saturated rings. The molecule has 0 spiro atoms. The van der Waals surface area contributed by atoms with Gasteiger partial charge in [-0.3, -0.25) is 9.59 Å². The van der Waals surface area contributed by atoms with Crippen LogP contribution in [0.25, 0.3) is 0 Å². The van der Waals surface area contributed by atoms with Crippen molar-refractivity contribution in [1.82, 2.24) is 0 Å². The van der Waals surface area contributed by atoms with Gasteiger partial charge in [-0.25, -0.2) is 0 Å². The molecule has 0 N–H and O–H groups in total. The summed E-state index contributed by atoms with van der Waals surface area (Å²) in [6, 6.07) is 0. The SMILES string of the molecule is O=C1C[C@H](C2=C[C@H]3CO[C@H](O3)C2=O)C2COC1O2. The Labute approximate surface area is 103 Å². The quantitative estimate of drug-likeness (QED) is 0.630. The van der Waals surface area contributed by atoms with Crippen LogP contribution in [0, 0.1) is 5.92 Å². The number of ketones is 2. The molecule has 0 saturated carbocycles. The first-order chi connectivity index (χ1) is 8.72. The molecule has 5 atom stereocenters. The minimum atomic E-state index is -0.801. The summed E-state index contributed by atoms with van der Waals surface area (Å²) in [6.07, 6.45) is 0.149. The van der Waals surface area contributed by atoms with Crippen LogP contribution >= 0.6 is 0 Å². The van der Waals surface area contributed by atoms with Crippen molar-refractivity contribution < 1.29 is 28.5 Å². The van der Waals surface area contributed by atoms with Crippen LogP contribution < -0.4 is 0 Å². The molecule has 0 aromatic rings. The van der Waals surface area contributed by atoms with Gasteiger partial charge in [0, 0.05) is 17.9 Å². The van der Waals surface area contributed by atoms with Gasteiger partial charge in [-0.15, -0.1) is 0 Å². The molecule has 3 saturated heterocycles. The molecule has 0 aliphatic carbocycles. The third-order valence-corrected chi connectivity index (χ3v) is 3.82. The fourth-order valence-electron chi connectivity index (χ4n) is 2.92. The van der Waals surface area contributed by atoms with Gasteiger partial charge in [-0.05, 0) is 6.08 Å². The second-order valence-corrected chi connectivity index (χ2v) is 4.94. The normalized spacial score (nSPS) is 46.4. The van der Waals surface area contributed by atoms with Crippen LogP contribution in [0.15, 0.2) is 11.6 Å². The van der Waals surface area contributed by atoms with E-state index in [9.17, 15) is 9.59 Å². The lowest BCUT2D eigenvalue weighted by molar-refractivity contribution is -0.157. The van der Waals surface area contributed by atoms with Crippen LogP contribution in [0.1, 0.15) is 6.42 Å². The van der Waals surface area contributed by atoms with E-state index in [2.05, 4.69) is 0 Å². The molecule has 4 rings (SSSR count). The Kier molecular flexibility index (Phi) is 2.23. The van der Waals surface area contributed by atoms with E-state index in [1.807, 2.05) is 0 Å². The predicted octanol–water partition coefficient (Wildman–Crippen LogP) is -0.433. The average molecular weight is 252 g/mol. The molecule has 6 nitrogen and oxygen atoms in total. The summed E-state index contributed by atoms with van der Waals surface area (Å²) >= 11 is 0. The lowest BCUT2D eigenvalue weighted by Crippen LogP contribution is -2.41. The van der Waals surface area contributed by atoms with E-state index < -0.39 is 12.6 Å². The van der Waals surface area contributed by atoms with Gasteiger partial charge < -0.3 is 18.9 Å². The number of rotatable bonds is 1. The van der Waals surface area contributed by atoms with Crippen LogP contribution in [0.2, 0.25) is 0 Å². The molecule has 6 heteroatoms. The highest BCUT2D eigenvalue weighted by Gasteiger charge is 2.49. The number of carbonyl (C=O) groups is 2. The van der Waals surface area contributed by atoms with E-state index in [-0.39, 0.29) is 29.7 Å². The summed E-state index contributed by atoms with van der Waals surface area (Å²) in [7, 11) is 0. The molecule has 0 aromatic heterocycles. The Morgan fingerprint density at radius 1 is 1.06 bits per heavy atom. The van der Waals surface area contributed by atoms with Crippen molar-refractivity contribution in [2.24, 2.45) is 5.92 Å². The van der Waals surface area contributed by atoms with Crippen molar-refractivity contribution in [3.05, 3.63) is 11.6 Å². The van der Waals surface area contributed by atoms with Gasteiger partial charge in [-0.2, -0.15) is 0 Å². The van der Waals surface area contributed by atoms with Crippen molar-refractivity contribution in [2.75, 3.05) is 13.2 Å². The average Bonchev–Trinajstić information content (AvgIpc) is 2.96. The summed E-state index contributed by atoms with van der Waals surface area (Å²) in [5.41, 5.74) is 0.607. The second-order valence-electron chi connectivity index (χ2n) is 4.94. The number of ether oxygens (including phenoxy) is 4. The molecule has 4 heterocycles. The number of carbonyl (C=O) groups excluding carboxylic acids is 2. The van der Waals surface area contributed by atoms with Crippen LogP contribution in [0.5, 0.6) is 0 Å². The number of Topliss-reactive ketones (excluding diaryl/α,β-unsaturated/α-hetero) is 2. The van der Waals surface area contributed by atoms with E-state index in [1.165, 1.54) is 0 Å². The summed E-state index contributed by atoms with van der Waals surface area (Å²) in [5, 5.41) is 0. The molecule has 0 amide bonds. The highest BCUT2D eigenvalue weighted by Crippen LogP contribution is 2.37. The minimum Gasteiger partial charge on any atom is -0.343 e. The van der Waals surface area contributed by atoms with E-state index in [0.717, 1.165) is 0 Å². The number of hydrogen-bond acceptors (Lipinski definition) is 6. The van der Waals surface area contributed by atoms with Crippen molar-refractivity contribution in [1.29, 1.82) is 0 Å². The third-order valence-electron chi connectivity index (χ3n) is 3.82. The van der Waals surface area contributed by atoms with Crippen LogP contribution in [0.3, 0.4) is 0 Å². The second kappa shape index (κ2) is 3.71. The van der Waals surface area contributed by atoms with E-state index in [1.54, 1.807) is 6.08 Å². The van der Waals surface area contributed by atoms with Crippen molar-refractivity contribution >= 4 is 11.6 Å². The van der Waals surface area contributed by atoms with Gasteiger partial charge in [0.1, 0.15) is 6.10 Å². The zero-order valence-corrected chi connectivity index (χ0v) is 9.53. The molecule has 4 aliphatic heterocycles. The Balaban J connectivity index is 1.66. The molecule has 2 unspecified atom stereocenters. The van der Waals surface area contributed by atoms with Crippen molar-refractivity contribution in [2.45, 2.75) is 31.2 Å². The van der Waals surface area contributed by atoms with Gasteiger partial charge in [0.15, 0.2) is 5.78 Å². The standard InChI is InChI=1S/C12H12O6/c13-8-2-6(9-4-16-11(8)18-9)7-1-5-3-15-12(17-5)10(7)14/h1,5-6,9,11-12H,2-4H2/t5-,6+,9?,11?,12+/m0/s1. The maximum absolute atomic E-state index is 12.1. The van der Waals surface area contributed by atoms with Gasteiger partial charge >= 0.3 is 0 Å². The Morgan fingerprint density at radius 3 is 2.78 bits per heavy atom. The zero-order chi connectivity index (χ0) is 12.3. The van der Waals surface area contributed by atoms with Crippen LogP contribution in [-0.2, 0) is 28.5 Å². The lowest BCUT2D eigenvalue weighted by Gasteiger charge is -2.30. The van der Waals surface area contributed by atoms with E-state index >= 15 is 0 Å². The van der Waals surface area contributed by atoms with E-state index in [4.69, 9.17) is 18.9 Å². The first-order valence-electron chi connectivity index (χ1n) is 6.05. The zero-order valence-electron chi connectivity index (χ0n) is 9.53. The largest absolute Gasteiger partial charge is 0.343 e. The molecule has 0 aromatic carbocycles. The maximum Gasteiger partial charge on any atom is 0.223 e. The molecule has 4 aliphatic rings. The smallest absolute Gasteiger partial charge is 0.223 e. The molecule has 0 radical (unpaired) electrons. The summed E-state index contributed by atoms with van der Waals surface area (Å²) < 4.78 is 21.3. The van der Waals surface area contributed by atoms with E-state index in [0.29, 0.717) is 25.2 Å². The third kappa shape index (κ3) is 1.43. The topological polar surface area (TPSA) is 71.1 Å². The summed E-state index contributed by atoms with van der Waals surface area (Å²) in [5.74, 6) is -0.503. The van der Waals surface area contributed by atoms with Gasteiger partial charge in [-0.1, -0.05) is 0 Å². The Morgan fingerprint density at radius 2 is 1.89 bits per heavy atom. The molecule has 96 valence electrons. The van der Waals surface area contributed by atoms with Crippen LogP contribution in [0.4, 0.5) is 0 Å². The number of fused-ring (bicyclic) bond motifs is 4. The van der Waals surface area contributed by atoms with Crippen molar-refractivity contribution in [3.63, 3.8) is 0 Å². The van der Waals surface area contributed by atoms with Gasteiger partial charge in [0.05, 0.1) is 19.3 Å². The monoisotopic (exact) mass is 252 g/mol. The Bertz CT molecular complexity index is 455. The van der Waals surface area contributed by atoms with Crippen LogP contribution in [-0.4, -0.2) is 49.6 Å². The predicted molar refractivity (Wildman–Crippen MR) is 55.4 cm³/mol. The van der Waals surface area contributed by atoms with Gasteiger partial charge in [0.2, 0.25) is 18.4 Å². The molecular formula is C12H12O6. The number of hydrogen-bond donors (Lipinski definition) is 0. The maximum atomic E-state index is 12.1. The fourth-order valence-corrected chi connectivity index (χ4v) is 2.92. The Hall–Kier alpha value is -1.08. The summed E-state index contributed by atoms with van der Waals surface area (Å²) in [6.45, 7) is 0.758. The summed E-state index contributed by atoms with van der Waals surface area (Å²) in [4.78, 5) is 23.9. The first kappa shape index (κ1) is 10.8. The molecular weight excluding hydrogens is 240 g/mol. The fraction of sp³-hybridized carbons (Fsp3) is 0.667.